The van der Waals surface area contributed by atoms with Gasteiger partial charge < -0.3 is 24.8 Å². The van der Waals surface area contributed by atoms with Crippen LogP contribution in [0.5, 0.6) is 0 Å². The second-order valence-corrected chi connectivity index (χ2v) is 10.2. The average Bonchev–Trinajstić information content (AvgIpc) is 3.45. The van der Waals surface area contributed by atoms with Crippen LogP contribution in [0, 0.1) is 24.1 Å². The van der Waals surface area contributed by atoms with E-state index in [1.807, 2.05) is 0 Å². The number of hydrogen-bond acceptors (Lipinski definition) is 9. The van der Waals surface area contributed by atoms with Crippen molar-refractivity contribution in [3.05, 3.63) is 69.7 Å². The minimum atomic E-state index is -0.406. The van der Waals surface area contributed by atoms with Gasteiger partial charge in [-0.1, -0.05) is 0 Å². The van der Waals surface area contributed by atoms with E-state index in [0.717, 1.165) is 29.6 Å². The molecule has 4 aromatic rings. The van der Waals surface area contributed by atoms with Gasteiger partial charge in [-0.3, -0.25) is 4.79 Å². The molecule has 0 amide bonds. The predicted molar refractivity (Wildman–Crippen MR) is 151 cm³/mol. The number of nitriles is 1. The maximum atomic E-state index is 15.5. The van der Waals surface area contributed by atoms with Crippen molar-refractivity contribution < 1.29 is 9.13 Å². The van der Waals surface area contributed by atoms with E-state index >= 15 is 4.39 Å². The molecule has 0 aliphatic carbocycles. The number of fused-ring (bicyclic) bond motifs is 1. The Labute approximate surface area is 230 Å². The van der Waals surface area contributed by atoms with Crippen molar-refractivity contribution >= 4 is 28.4 Å². The lowest BCUT2D eigenvalue weighted by Crippen LogP contribution is -2.38. The summed E-state index contributed by atoms with van der Waals surface area (Å²) in [6.45, 7) is 4.83. The largest absolute Gasteiger partial charge is 0.382 e. The normalized spacial score (nSPS) is 17.4. The molecular formula is C29H29FN8O2. The topological polar surface area (TPSA) is 126 Å². The number of pyridine rings is 2. The molecule has 2 saturated heterocycles. The Morgan fingerprint density at radius 1 is 1.15 bits per heavy atom. The maximum absolute atomic E-state index is 15.5. The zero-order valence-corrected chi connectivity index (χ0v) is 22.4. The number of morpholine rings is 1. The summed E-state index contributed by atoms with van der Waals surface area (Å²) in [6.07, 6.45) is 4.75. The Bertz CT molecular complexity index is 1700. The van der Waals surface area contributed by atoms with Crippen LogP contribution >= 0.6 is 0 Å². The molecule has 2 N–H and O–H groups in total. The first-order chi connectivity index (χ1) is 19.4. The number of anilines is 3. The number of halogens is 1. The molecule has 10 nitrogen and oxygen atoms in total. The Balaban J connectivity index is 1.57. The molecule has 5 heterocycles. The van der Waals surface area contributed by atoms with Gasteiger partial charge in [-0.2, -0.15) is 5.26 Å². The van der Waals surface area contributed by atoms with E-state index in [0.29, 0.717) is 60.9 Å². The van der Waals surface area contributed by atoms with E-state index in [9.17, 15) is 10.1 Å². The van der Waals surface area contributed by atoms with Crippen molar-refractivity contribution in [1.29, 1.82) is 5.26 Å². The molecule has 40 heavy (non-hydrogen) atoms. The standard InChI is InChI=1S/C29H29FN8O2/c1-17-12-19(15-36(2)29(17)39)24-22(30)6-5-18-13-20(28(35-25(18)24)37-8-10-40-11-9-37)23-4-3-7-38(23)27-21(14-31)26(32)33-16-34-27/h5-6,12-13,15-16,23H,3-4,7-11H2,1-2H3,(H2,32,33,34). The molecule has 2 fully saturated rings. The summed E-state index contributed by atoms with van der Waals surface area (Å²) in [7, 11) is 1.66. The van der Waals surface area contributed by atoms with Gasteiger partial charge in [-0.15, -0.1) is 0 Å². The van der Waals surface area contributed by atoms with Gasteiger partial charge in [0.1, 0.15) is 35.4 Å². The van der Waals surface area contributed by atoms with Gasteiger partial charge in [-0.05, 0) is 44.0 Å². The summed E-state index contributed by atoms with van der Waals surface area (Å²) in [6, 6.07) is 9.02. The molecule has 1 aromatic carbocycles. The van der Waals surface area contributed by atoms with E-state index < -0.39 is 5.82 Å². The van der Waals surface area contributed by atoms with Crippen molar-refractivity contribution in [1.82, 2.24) is 19.5 Å². The zero-order chi connectivity index (χ0) is 28.0. The number of nitrogen functional groups attached to an aromatic ring is 1. The van der Waals surface area contributed by atoms with Gasteiger partial charge in [0.25, 0.3) is 5.56 Å². The molecule has 0 bridgehead atoms. The number of nitrogens with zero attached hydrogens (tertiary/aromatic N) is 7. The quantitative estimate of drug-likeness (QED) is 0.414. The summed E-state index contributed by atoms with van der Waals surface area (Å²) in [5.74, 6) is 1.000. The van der Waals surface area contributed by atoms with E-state index in [2.05, 4.69) is 31.9 Å². The minimum absolute atomic E-state index is 0.121. The Kier molecular flexibility index (Phi) is 6.56. The number of benzene rings is 1. The highest BCUT2D eigenvalue weighted by Crippen LogP contribution is 2.43. The number of nitrogens with two attached hydrogens (primary N) is 1. The first kappa shape index (κ1) is 25.7. The molecule has 1 atom stereocenters. The SMILES string of the molecule is Cc1cc(-c2c(F)ccc3cc(C4CCCN4c4ncnc(N)c4C#N)c(N4CCOCC4)nc23)cn(C)c1=O. The fourth-order valence-electron chi connectivity index (χ4n) is 5.84. The van der Waals surface area contributed by atoms with Crippen LogP contribution in [0.3, 0.4) is 0 Å². The molecule has 204 valence electrons. The lowest BCUT2D eigenvalue weighted by atomic mass is 9.97. The third-order valence-electron chi connectivity index (χ3n) is 7.76. The molecule has 1 unspecified atom stereocenters. The van der Waals surface area contributed by atoms with E-state index in [4.69, 9.17) is 15.5 Å². The second kappa shape index (κ2) is 10.2. The predicted octanol–water partition coefficient (Wildman–Crippen LogP) is 3.47. The summed E-state index contributed by atoms with van der Waals surface area (Å²) in [5, 5.41) is 10.6. The average molecular weight is 541 g/mol. The molecule has 3 aromatic heterocycles. The van der Waals surface area contributed by atoms with Crippen molar-refractivity contribution in [3.63, 3.8) is 0 Å². The first-order valence-electron chi connectivity index (χ1n) is 13.3. The van der Waals surface area contributed by atoms with Gasteiger partial charge in [0.15, 0.2) is 5.82 Å². The third-order valence-corrected chi connectivity index (χ3v) is 7.76. The highest BCUT2D eigenvalue weighted by Gasteiger charge is 2.34. The molecule has 6 rings (SSSR count). The Morgan fingerprint density at radius 3 is 2.70 bits per heavy atom. The molecule has 2 aliphatic rings. The lowest BCUT2D eigenvalue weighted by molar-refractivity contribution is 0.122. The monoisotopic (exact) mass is 540 g/mol. The van der Waals surface area contributed by atoms with Crippen LogP contribution in [0.25, 0.3) is 22.0 Å². The zero-order valence-electron chi connectivity index (χ0n) is 22.4. The van der Waals surface area contributed by atoms with Gasteiger partial charge in [0, 0.05) is 60.5 Å². The number of ether oxygens (including phenoxy) is 1. The van der Waals surface area contributed by atoms with Crippen molar-refractivity contribution in [2.75, 3.05) is 48.4 Å². The summed E-state index contributed by atoms with van der Waals surface area (Å²) < 4.78 is 22.6. The fraction of sp³-hybridized carbons (Fsp3) is 0.345. The second-order valence-electron chi connectivity index (χ2n) is 10.2. The molecular weight excluding hydrogens is 511 g/mol. The van der Waals surface area contributed by atoms with Crippen LogP contribution in [-0.4, -0.2) is 52.4 Å². The molecule has 2 aliphatic heterocycles. The van der Waals surface area contributed by atoms with Crippen LogP contribution in [0.2, 0.25) is 0 Å². The molecule has 11 heteroatoms. The first-order valence-corrected chi connectivity index (χ1v) is 13.3. The van der Waals surface area contributed by atoms with Gasteiger partial charge in [-0.25, -0.2) is 19.3 Å². The smallest absolute Gasteiger partial charge is 0.253 e. The highest BCUT2D eigenvalue weighted by molar-refractivity contribution is 5.95. The molecule has 0 radical (unpaired) electrons. The maximum Gasteiger partial charge on any atom is 0.253 e. The van der Waals surface area contributed by atoms with Gasteiger partial charge in [0.05, 0.1) is 24.8 Å². The van der Waals surface area contributed by atoms with Crippen LogP contribution in [-0.2, 0) is 11.8 Å². The lowest BCUT2D eigenvalue weighted by Gasteiger charge is -2.34. The van der Waals surface area contributed by atoms with Crippen molar-refractivity contribution in [2.24, 2.45) is 7.05 Å². The molecule has 0 saturated carbocycles. The minimum Gasteiger partial charge on any atom is -0.382 e. The Morgan fingerprint density at radius 2 is 1.95 bits per heavy atom. The van der Waals surface area contributed by atoms with Crippen molar-refractivity contribution in [3.8, 4) is 17.2 Å². The Hall–Kier alpha value is -4.56. The third kappa shape index (κ3) is 4.30. The number of aryl methyl sites for hydroxylation is 2. The number of rotatable bonds is 4. The van der Waals surface area contributed by atoms with Crippen LogP contribution in [0.1, 0.15) is 35.6 Å². The fourth-order valence-corrected chi connectivity index (χ4v) is 5.84. The number of hydrogen-bond donors (Lipinski definition) is 1. The van der Waals surface area contributed by atoms with E-state index in [-0.39, 0.29) is 23.0 Å². The van der Waals surface area contributed by atoms with Crippen LogP contribution < -0.4 is 21.1 Å². The summed E-state index contributed by atoms with van der Waals surface area (Å²) >= 11 is 0. The van der Waals surface area contributed by atoms with Crippen LogP contribution in [0.4, 0.5) is 21.8 Å². The van der Waals surface area contributed by atoms with E-state index in [1.54, 1.807) is 32.3 Å². The van der Waals surface area contributed by atoms with Crippen LogP contribution in [0.15, 0.2) is 41.6 Å². The molecule has 0 spiro atoms. The summed E-state index contributed by atoms with van der Waals surface area (Å²) in [4.78, 5) is 30.2. The van der Waals surface area contributed by atoms with E-state index in [1.165, 1.54) is 17.0 Å². The highest BCUT2D eigenvalue weighted by atomic mass is 19.1. The van der Waals surface area contributed by atoms with Gasteiger partial charge >= 0.3 is 0 Å². The van der Waals surface area contributed by atoms with Crippen molar-refractivity contribution in [2.45, 2.75) is 25.8 Å². The van der Waals surface area contributed by atoms with Gasteiger partial charge in [0.2, 0.25) is 0 Å². The summed E-state index contributed by atoms with van der Waals surface area (Å²) in [5.41, 5.74) is 9.13. The number of aromatic nitrogens is 4.